The summed E-state index contributed by atoms with van der Waals surface area (Å²) in [6, 6.07) is 10.4. The van der Waals surface area contributed by atoms with E-state index >= 15 is 0 Å². The molecule has 1 N–H and O–H groups in total. The highest BCUT2D eigenvalue weighted by Crippen LogP contribution is 2.29. The van der Waals surface area contributed by atoms with Crippen LogP contribution in [0.15, 0.2) is 66.6 Å². The van der Waals surface area contributed by atoms with E-state index < -0.39 is 10.0 Å². The minimum Gasteiger partial charge on any atom is -0.298 e. The molecule has 1 amide bonds. The Labute approximate surface area is 180 Å². The van der Waals surface area contributed by atoms with E-state index in [-0.39, 0.29) is 23.9 Å². The molecule has 6 nitrogen and oxygen atoms in total. The molecule has 0 bridgehead atoms. The molecule has 156 valence electrons. The molecule has 0 saturated carbocycles. The van der Waals surface area contributed by atoms with Gasteiger partial charge in [-0.25, -0.2) is 13.4 Å². The molecule has 8 heteroatoms. The van der Waals surface area contributed by atoms with Crippen molar-refractivity contribution in [3.63, 3.8) is 0 Å². The molecular formula is C22H23N3O3S2. The van der Waals surface area contributed by atoms with Crippen LogP contribution in [0.2, 0.25) is 0 Å². The molecule has 0 saturated heterocycles. The highest BCUT2D eigenvalue weighted by atomic mass is 32.2. The molecule has 0 radical (unpaired) electrons. The van der Waals surface area contributed by atoms with Crippen LogP contribution in [0.25, 0.3) is 10.2 Å². The maximum absolute atomic E-state index is 12.9. The summed E-state index contributed by atoms with van der Waals surface area (Å²) in [5.41, 5.74) is 3.18. The fraction of sp³-hybridized carbons (Fsp3) is 0.182. The number of aromatic nitrogens is 1. The van der Waals surface area contributed by atoms with Crippen molar-refractivity contribution in [1.29, 1.82) is 0 Å². The lowest BCUT2D eigenvalue weighted by Gasteiger charge is -2.18. The standard InChI is InChI=1S/C22H23N3O3S2/c1-5-9-25(10-6-2)30(27,28)18-7-8-19-20(14-18)29-22(23-19)24-21(26)17-12-15(3)11-16(4)13-17/h5-8,11-14H,1-2,9-10H2,3-4H3,(H,23,24,26). The number of nitrogens with one attached hydrogen (secondary N) is 1. The van der Waals surface area contributed by atoms with Crippen molar-refractivity contribution in [3.8, 4) is 0 Å². The number of amides is 1. The third kappa shape index (κ3) is 4.67. The molecule has 0 unspecified atom stereocenters. The van der Waals surface area contributed by atoms with Crippen molar-refractivity contribution in [1.82, 2.24) is 9.29 Å². The Morgan fingerprint density at radius 2 is 1.73 bits per heavy atom. The van der Waals surface area contributed by atoms with Gasteiger partial charge >= 0.3 is 0 Å². The normalized spacial score (nSPS) is 11.6. The first-order chi connectivity index (χ1) is 14.2. The fourth-order valence-electron chi connectivity index (χ4n) is 3.10. The molecule has 0 spiro atoms. The van der Waals surface area contributed by atoms with Crippen LogP contribution in [-0.2, 0) is 10.0 Å². The summed E-state index contributed by atoms with van der Waals surface area (Å²) >= 11 is 1.23. The van der Waals surface area contributed by atoms with Crippen LogP contribution in [0.3, 0.4) is 0 Å². The lowest BCUT2D eigenvalue weighted by molar-refractivity contribution is 0.102. The lowest BCUT2D eigenvalue weighted by atomic mass is 10.1. The van der Waals surface area contributed by atoms with E-state index in [4.69, 9.17) is 0 Å². The molecule has 0 fully saturated rings. The Balaban J connectivity index is 1.89. The number of sulfonamides is 1. The van der Waals surface area contributed by atoms with Crippen LogP contribution in [0.1, 0.15) is 21.5 Å². The first kappa shape index (κ1) is 21.9. The predicted molar refractivity (Wildman–Crippen MR) is 123 cm³/mol. The Morgan fingerprint density at radius 1 is 1.10 bits per heavy atom. The number of aryl methyl sites for hydroxylation is 2. The number of fused-ring (bicyclic) bond motifs is 1. The zero-order valence-corrected chi connectivity index (χ0v) is 18.5. The van der Waals surface area contributed by atoms with Crippen molar-refractivity contribution in [2.24, 2.45) is 0 Å². The molecule has 0 aliphatic carbocycles. The van der Waals surface area contributed by atoms with Gasteiger partial charge in [0.15, 0.2) is 5.13 Å². The Bertz CT molecular complexity index is 1200. The second kappa shape index (κ2) is 8.91. The summed E-state index contributed by atoms with van der Waals surface area (Å²) in [6.45, 7) is 11.5. The van der Waals surface area contributed by atoms with E-state index in [1.54, 1.807) is 12.1 Å². The zero-order valence-electron chi connectivity index (χ0n) is 16.9. The highest BCUT2D eigenvalue weighted by Gasteiger charge is 2.23. The second-order valence-electron chi connectivity index (χ2n) is 6.88. The molecule has 1 heterocycles. The van der Waals surface area contributed by atoms with Gasteiger partial charge in [-0.05, 0) is 44.2 Å². The van der Waals surface area contributed by atoms with Crippen molar-refractivity contribution in [3.05, 3.63) is 78.4 Å². The Hall–Kier alpha value is -2.81. The summed E-state index contributed by atoms with van der Waals surface area (Å²) in [5, 5.41) is 3.22. The van der Waals surface area contributed by atoms with Crippen molar-refractivity contribution in [2.45, 2.75) is 18.7 Å². The monoisotopic (exact) mass is 441 g/mol. The minimum atomic E-state index is -3.70. The quantitative estimate of drug-likeness (QED) is 0.521. The molecule has 1 aromatic heterocycles. The van der Waals surface area contributed by atoms with Crippen LogP contribution >= 0.6 is 11.3 Å². The molecule has 3 rings (SSSR count). The van der Waals surface area contributed by atoms with E-state index in [1.807, 2.05) is 32.0 Å². The van der Waals surface area contributed by atoms with Gasteiger partial charge in [0.2, 0.25) is 10.0 Å². The van der Waals surface area contributed by atoms with Gasteiger partial charge in [-0.3, -0.25) is 10.1 Å². The van der Waals surface area contributed by atoms with Crippen molar-refractivity contribution < 1.29 is 13.2 Å². The third-order valence-electron chi connectivity index (χ3n) is 4.37. The number of hydrogen-bond donors (Lipinski definition) is 1. The maximum atomic E-state index is 12.9. The number of anilines is 1. The average molecular weight is 442 g/mol. The van der Waals surface area contributed by atoms with Crippen molar-refractivity contribution in [2.75, 3.05) is 18.4 Å². The Kier molecular flexibility index (Phi) is 6.50. The van der Waals surface area contributed by atoms with Gasteiger partial charge in [0.25, 0.3) is 5.91 Å². The number of hydrogen-bond acceptors (Lipinski definition) is 5. The first-order valence-electron chi connectivity index (χ1n) is 9.27. The van der Waals surface area contributed by atoms with Gasteiger partial charge in [-0.1, -0.05) is 40.7 Å². The predicted octanol–water partition coefficient (Wildman–Crippen LogP) is 4.53. The van der Waals surface area contributed by atoms with E-state index in [2.05, 4.69) is 23.5 Å². The zero-order chi connectivity index (χ0) is 21.9. The highest BCUT2D eigenvalue weighted by molar-refractivity contribution is 7.89. The fourth-order valence-corrected chi connectivity index (χ4v) is 5.48. The smallest absolute Gasteiger partial charge is 0.257 e. The topological polar surface area (TPSA) is 79.4 Å². The SMILES string of the molecule is C=CCN(CC=C)S(=O)(=O)c1ccc2nc(NC(=O)c3cc(C)cc(C)c3)sc2c1. The van der Waals surface area contributed by atoms with E-state index in [1.165, 1.54) is 33.9 Å². The van der Waals surface area contributed by atoms with Gasteiger partial charge in [0.05, 0.1) is 15.1 Å². The number of benzene rings is 2. The van der Waals surface area contributed by atoms with Crippen LogP contribution in [0.4, 0.5) is 5.13 Å². The number of carbonyl (C=O) groups is 1. The molecular weight excluding hydrogens is 418 g/mol. The number of thiazole rings is 1. The maximum Gasteiger partial charge on any atom is 0.257 e. The molecule has 3 aromatic rings. The number of carbonyl (C=O) groups excluding carboxylic acids is 1. The van der Waals surface area contributed by atoms with E-state index in [9.17, 15) is 13.2 Å². The van der Waals surface area contributed by atoms with Gasteiger partial charge in [-0.15, -0.1) is 13.2 Å². The largest absolute Gasteiger partial charge is 0.298 e. The van der Waals surface area contributed by atoms with Crippen LogP contribution in [-0.4, -0.2) is 36.7 Å². The lowest BCUT2D eigenvalue weighted by Crippen LogP contribution is -2.31. The second-order valence-corrected chi connectivity index (χ2v) is 9.85. The van der Waals surface area contributed by atoms with Crippen molar-refractivity contribution >= 4 is 42.6 Å². The summed E-state index contributed by atoms with van der Waals surface area (Å²) in [4.78, 5) is 17.2. The van der Waals surface area contributed by atoms with Gasteiger partial charge in [0, 0.05) is 18.7 Å². The third-order valence-corrected chi connectivity index (χ3v) is 7.13. The van der Waals surface area contributed by atoms with E-state index in [0.29, 0.717) is 20.9 Å². The molecule has 0 aliphatic rings. The van der Waals surface area contributed by atoms with Gasteiger partial charge in [-0.2, -0.15) is 4.31 Å². The minimum absolute atomic E-state index is 0.162. The van der Waals surface area contributed by atoms with Crippen LogP contribution in [0.5, 0.6) is 0 Å². The summed E-state index contributed by atoms with van der Waals surface area (Å²) in [5.74, 6) is -0.253. The molecule has 30 heavy (non-hydrogen) atoms. The molecule has 2 aromatic carbocycles. The summed E-state index contributed by atoms with van der Waals surface area (Å²) in [7, 11) is -3.70. The molecule has 0 aliphatic heterocycles. The van der Waals surface area contributed by atoms with Gasteiger partial charge < -0.3 is 0 Å². The average Bonchev–Trinajstić information content (AvgIpc) is 3.08. The number of rotatable bonds is 8. The van der Waals surface area contributed by atoms with Gasteiger partial charge in [0.1, 0.15) is 0 Å². The molecule has 0 atom stereocenters. The first-order valence-corrected chi connectivity index (χ1v) is 11.5. The van der Waals surface area contributed by atoms with Crippen LogP contribution < -0.4 is 5.32 Å². The van der Waals surface area contributed by atoms with E-state index in [0.717, 1.165) is 11.1 Å². The summed E-state index contributed by atoms with van der Waals surface area (Å²) < 4.78 is 27.8. The Morgan fingerprint density at radius 3 is 2.33 bits per heavy atom. The number of nitrogens with zero attached hydrogens (tertiary/aromatic N) is 2. The summed E-state index contributed by atoms with van der Waals surface area (Å²) in [6.07, 6.45) is 3.07. The van der Waals surface area contributed by atoms with Crippen LogP contribution in [0, 0.1) is 13.8 Å².